The molecule has 0 bridgehead atoms. The molecule has 27 heavy (non-hydrogen) atoms. The van der Waals surface area contributed by atoms with E-state index in [-0.39, 0.29) is 23.8 Å². The Labute approximate surface area is 160 Å². The number of carbonyl (C=O) groups excluding carboxylic acids is 1. The molecular formula is C20H20FN3O2S. The van der Waals surface area contributed by atoms with Gasteiger partial charge < -0.3 is 15.4 Å². The molecule has 0 radical (unpaired) electrons. The standard InChI is InChI=1S/C20H20FN3O2S/c1-26-17-8-3-2-5-13(17)19(25)22-14-6-4-7-15(14)23-20-24-16-10-9-12(21)11-18(16)27-20/h2-3,5,8-11,14-15H,4,6-7H2,1H3,(H,22,25)(H,23,24)/t14-,15-/m1/s1. The Morgan fingerprint density at radius 3 is 2.89 bits per heavy atom. The number of rotatable bonds is 5. The van der Waals surface area contributed by atoms with Crippen LogP contribution < -0.4 is 15.4 Å². The van der Waals surface area contributed by atoms with Crippen molar-refractivity contribution >= 4 is 32.6 Å². The number of methoxy groups -OCH3 is 1. The van der Waals surface area contributed by atoms with Gasteiger partial charge in [0, 0.05) is 12.1 Å². The van der Waals surface area contributed by atoms with Crippen LogP contribution in [0.2, 0.25) is 0 Å². The maximum atomic E-state index is 13.4. The summed E-state index contributed by atoms with van der Waals surface area (Å²) in [5.74, 6) is 0.156. The first-order valence-corrected chi connectivity index (χ1v) is 9.72. The molecule has 4 rings (SSSR count). The second-order valence-corrected chi connectivity index (χ2v) is 7.62. The van der Waals surface area contributed by atoms with Crippen LogP contribution in [0.25, 0.3) is 10.2 Å². The summed E-state index contributed by atoms with van der Waals surface area (Å²) >= 11 is 1.43. The summed E-state index contributed by atoms with van der Waals surface area (Å²) in [6, 6.07) is 11.9. The van der Waals surface area contributed by atoms with E-state index in [1.165, 1.54) is 23.5 Å². The van der Waals surface area contributed by atoms with Gasteiger partial charge in [0.1, 0.15) is 11.6 Å². The molecule has 7 heteroatoms. The molecule has 1 fully saturated rings. The molecule has 2 aromatic carbocycles. The van der Waals surface area contributed by atoms with Crippen LogP contribution in [0.3, 0.4) is 0 Å². The highest BCUT2D eigenvalue weighted by molar-refractivity contribution is 7.22. The van der Waals surface area contributed by atoms with Gasteiger partial charge in [0.15, 0.2) is 5.13 Å². The van der Waals surface area contributed by atoms with Crippen LogP contribution >= 0.6 is 11.3 Å². The SMILES string of the molecule is COc1ccccc1C(=O)N[C@@H]1CCC[C@H]1Nc1nc2ccc(F)cc2s1. The van der Waals surface area contributed by atoms with Crippen molar-refractivity contribution in [3.8, 4) is 5.75 Å². The molecule has 2 atom stereocenters. The Hall–Kier alpha value is -2.67. The molecule has 1 aromatic heterocycles. The number of halogens is 1. The van der Waals surface area contributed by atoms with E-state index in [2.05, 4.69) is 15.6 Å². The van der Waals surface area contributed by atoms with Crippen LogP contribution in [0, 0.1) is 5.82 Å². The number of thiazole rings is 1. The van der Waals surface area contributed by atoms with Crippen molar-refractivity contribution < 1.29 is 13.9 Å². The molecule has 0 aliphatic heterocycles. The molecule has 1 amide bonds. The highest BCUT2D eigenvalue weighted by atomic mass is 32.1. The fraction of sp³-hybridized carbons (Fsp3) is 0.300. The van der Waals surface area contributed by atoms with Gasteiger partial charge in [-0.2, -0.15) is 0 Å². The second-order valence-electron chi connectivity index (χ2n) is 6.59. The third kappa shape index (κ3) is 3.73. The Morgan fingerprint density at radius 2 is 2.04 bits per heavy atom. The zero-order chi connectivity index (χ0) is 18.8. The molecule has 1 saturated carbocycles. The third-order valence-corrected chi connectivity index (χ3v) is 5.79. The monoisotopic (exact) mass is 385 g/mol. The van der Waals surface area contributed by atoms with Gasteiger partial charge in [0.05, 0.1) is 22.9 Å². The molecule has 1 aliphatic carbocycles. The number of aromatic nitrogens is 1. The van der Waals surface area contributed by atoms with E-state index in [0.29, 0.717) is 11.3 Å². The third-order valence-electron chi connectivity index (χ3n) is 4.84. The summed E-state index contributed by atoms with van der Waals surface area (Å²) in [6.07, 6.45) is 2.87. The van der Waals surface area contributed by atoms with Crippen LogP contribution in [0.4, 0.5) is 9.52 Å². The summed E-state index contributed by atoms with van der Waals surface area (Å²) in [5, 5.41) is 7.29. The lowest BCUT2D eigenvalue weighted by Gasteiger charge is -2.22. The molecule has 5 nitrogen and oxygen atoms in total. The van der Waals surface area contributed by atoms with Crippen LogP contribution in [-0.4, -0.2) is 30.1 Å². The molecule has 0 spiro atoms. The number of para-hydroxylation sites is 1. The molecule has 3 aromatic rings. The molecule has 0 unspecified atom stereocenters. The molecule has 2 N–H and O–H groups in total. The number of nitrogens with zero attached hydrogens (tertiary/aromatic N) is 1. The van der Waals surface area contributed by atoms with Crippen molar-refractivity contribution in [3.05, 3.63) is 53.8 Å². The summed E-state index contributed by atoms with van der Waals surface area (Å²) in [6.45, 7) is 0. The first kappa shape index (κ1) is 17.7. The quantitative estimate of drug-likeness (QED) is 0.691. The van der Waals surface area contributed by atoms with Gasteiger partial charge in [0.25, 0.3) is 5.91 Å². The minimum Gasteiger partial charge on any atom is -0.496 e. The lowest BCUT2D eigenvalue weighted by Crippen LogP contribution is -2.43. The lowest BCUT2D eigenvalue weighted by molar-refractivity contribution is 0.0933. The summed E-state index contributed by atoms with van der Waals surface area (Å²) in [5.41, 5.74) is 1.30. The first-order chi connectivity index (χ1) is 13.1. The number of anilines is 1. The summed E-state index contributed by atoms with van der Waals surface area (Å²) in [4.78, 5) is 17.2. The van der Waals surface area contributed by atoms with Crippen LogP contribution in [-0.2, 0) is 0 Å². The number of benzene rings is 2. The highest BCUT2D eigenvalue weighted by Crippen LogP contribution is 2.30. The number of carbonyl (C=O) groups is 1. The van der Waals surface area contributed by atoms with Gasteiger partial charge in [0.2, 0.25) is 0 Å². The minimum atomic E-state index is -0.263. The Balaban J connectivity index is 1.47. The van der Waals surface area contributed by atoms with Gasteiger partial charge in [-0.05, 0) is 49.6 Å². The molecule has 1 heterocycles. The van der Waals surface area contributed by atoms with Crippen molar-refractivity contribution in [1.82, 2.24) is 10.3 Å². The van der Waals surface area contributed by atoms with Crippen LogP contribution in [0.15, 0.2) is 42.5 Å². The number of fused-ring (bicyclic) bond motifs is 1. The summed E-state index contributed by atoms with van der Waals surface area (Å²) in [7, 11) is 1.56. The number of ether oxygens (including phenoxy) is 1. The summed E-state index contributed by atoms with van der Waals surface area (Å²) < 4.78 is 19.5. The minimum absolute atomic E-state index is 0.00570. The molecule has 140 valence electrons. The number of nitrogens with one attached hydrogen (secondary N) is 2. The number of amides is 1. The van der Waals surface area contributed by atoms with E-state index in [9.17, 15) is 9.18 Å². The second kappa shape index (κ2) is 7.52. The average molecular weight is 385 g/mol. The maximum absolute atomic E-state index is 13.4. The highest BCUT2D eigenvalue weighted by Gasteiger charge is 2.30. The van der Waals surface area contributed by atoms with Crippen molar-refractivity contribution in [1.29, 1.82) is 0 Å². The fourth-order valence-electron chi connectivity index (χ4n) is 3.50. The molecule has 0 saturated heterocycles. The zero-order valence-corrected chi connectivity index (χ0v) is 15.7. The van der Waals surface area contributed by atoms with Gasteiger partial charge in [-0.15, -0.1) is 0 Å². The van der Waals surface area contributed by atoms with Crippen LogP contribution in [0.5, 0.6) is 5.75 Å². The normalized spacial score (nSPS) is 19.2. The Kier molecular flexibility index (Phi) is 4.94. The Morgan fingerprint density at radius 1 is 1.22 bits per heavy atom. The predicted octanol–water partition coefficient (Wildman–Crippen LogP) is 4.21. The van der Waals surface area contributed by atoms with Crippen LogP contribution in [0.1, 0.15) is 29.6 Å². The van der Waals surface area contributed by atoms with Crippen molar-refractivity contribution in [2.45, 2.75) is 31.3 Å². The zero-order valence-electron chi connectivity index (χ0n) is 14.9. The van der Waals surface area contributed by atoms with E-state index in [0.717, 1.165) is 34.6 Å². The topological polar surface area (TPSA) is 63.2 Å². The first-order valence-electron chi connectivity index (χ1n) is 8.90. The fourth-order valence-corrected chi connectivity index (χ4v) is 4.46. The lowest BCUT2D eigenvalue weighted by atomic mass is 10.1. The van der Waals surface area contributed by atoms with Crippen molar-refractivity contribution in [3.63, 3.8) is 0 Å². The average Bonchev–Trinajstić information content (AvgIpc) is 3.27. The number of hydrogen-bond donors (Lipinski definition) is 2. The van der Waals surface area contributed by atoms with E-state index in [1.54, 1.807) is 25.3 Å². The molecular weight excluding hydrogens is 365 g/mol. The van der Waals surface area contributed by atoms with E-state index < -0.39 is 0 Å². The van der Waals surface area contributed by atoms with E-state index in [1.807, 2.05) is 12.1 Å². The predicted molar refractivity (Wildman–Crippen MR) is 105 cm³/mol. The van der Waals surface area contributed by atoms with Gasteiger partial charge >= 0.3 is 0 Å². The van der Waals surface area contributed by atoms with Crippen molar-refractivity contribution in [2.24, 2.45) is 0 Å². The van der Waals surface area contributed by atoms with Gasteiger partial charge in [-0.3, -0.25) is 4.79 Å². The Bertz CT molecular complexity index is 975. The van der Waals surface area contributed by atoms with Crippen molar-refractivity contribution in [2.75, 3.05) is 12.4 Å². The van der Waals surface area contributed by atoms with E-state index >= 15 is 0 Å². The molecule has 1 aliphatic rings. The largest absolute Gasteiger partial charge is 0.496 e. The maximum Gasteiger partial charge on any atom is 0.255 e. The van der Waals surface area contributed by atoms with E-state index in [4.69, 9.17) is 4.74 Å². The number of hydrogen-bond acceptors (Lipinski definition) is 5. The van der Waals surface area contributed by atoms with Gasteiger partial charge in [-0.25, -0.2) is 9.37 Å². The smallest absolute Gasteiger partial charge is 0.255 e. The van der Waals surface area contributed by atoms with Gasteiger partial charge in [-0.1, -0.05) is 23.5 Å².